The smallest absolute Gasteiger partial charge is 0.437 e. The Morgan fingerprint density at radius 1 is 1.00 bits per heavy atom. The molecular formula is C15H11BClNO3. The summed E-state index contributed by atoms with van der Waals surface area (Å²) in [5.74, 6) is 0.960. The molecule has 2 aromatic carbocycles. The van der Waals surface area contributed by atoms with E-state index in [1.165, 1.54) is 0 Å². The number of rotatable bonds is 3. The lowest BCUT2D eigenvalue weighted by atomic mass is 9.80. The molecule has 0 radical (unpaired) electrons. The maximum atomic E-state index is 9.16. The highest BCUT2D eigenvalue weighted by Crippen LogP contribution is 2.28. The highest BCUT2D eigenvalue weighted by atomic mass is 35.5. The van der Waals surface area contributed by atoms with Gasteiger partial charge in [0, 0.05) is 11.5 Å². The third-order valence-electron chi connectivity index (χ3n) is 3.04. The van der Waals surface area contributed by atoms with Gasteiger partial charge in [0.25, 0.3) is 0 Å². The van der Waals surface area contributed by atoms with Gasteiger partial charge in [0.05, 0.1) is 10.5 Å². The molecule has 0 saturated carbocycles. The zero-order chi connectivity index (χ0) is 14.8. The van der Waals surface area contributed by atoms with Crippen molar-refractivity contribution < 1.29 is 14.8 Å². The predicted molar refractivity (Wildman–Crippen MR) is 83.1 cm³/mol. The van der Waals surface area contributed by atoms with Gasteiger partial charge in [0.2, 0.25) is 5.88 Å². The Balaban J connectivity index is 1.95. The van der Waals surface area contributed by atoms with Gasteiger partial charge < -0.3 is 14.8 Å². The highest BCUT2D eigenvalue weighted by molar-refractivity contribution is 6.58. The molecule has 0 aliphatic carbocycles. The molecule has 0 unspecified atom stereocenters. The minimum Gasteiger partial charge on any atom is -0.437 e. The van der Waals surface area contributed by atoms with Crippen LogP contribution in [-0.2, 0) is 0 Å². The van der Waals surface area contributed by atoms with Gasteiger partial charge in [-0.1, -0.05) is 35.9 Å². The van der Waals surface area contributed by atoms with Gasteiger partial charge in [0.1, 0.15) is 5.75 Å². The fourth-order valence-corrected chi connectivity index (χ4v) is 2.16. The largest absolute Gasteiger partial charge is 0.488 e. The topological polar surface area (TPSA) is 62.6 Å². The molecule has 1 heterocycles. The number of hydrogen-bond acceptors (Lipinski definition) is 4. The molecule has 0 bridgehead atoms. The average molecular weight is 300 g/mol. The number of benzene rings is 2. The lowest BCUT2D eigenvalue weighted by Crippen LogP contribution is -2.29. The third-order valence-corrected chi connectivity index (χ3v) is 3.35. The molecule has 0 atom stereocenters. The van der Waals surface area contributed by atoms with Crippen molar-refractivity contribution in [3.05, 3.63) is 59.6 Å². The number of hydrogen-bond donors (Lipinski definition) is 2. The van der Waals surface area contributed by atoms with E-state index in [-0.39, 0.29) is 0 Å². The molecular weight excluding hydrogens is 288 g/mol. The Morgan fingerprint density at radius 2 is 1.81 bits per heavy atom. The molecule has 0 saturated heterocycles. The fraction of sp³-hybridized carbons (Fsp3) is 0. The minimum atomic E-state index is -1.49. The number of halogens is 1. The molecule has 6 heteroatoms. The third kappa shape index (κ3) is 3.00. The monoisotopic (exact) mass is 299 g/mol. The molecule has 3 rings (SSSR count). The van der Waals surface area contributed by atoms with Crippen molar-refractivity contribution >= 4 is 35.1 Å². The molecule has 4 nitrogen and oxygen atoms in total. The molecule has 104 valence electrons. The van der Waals surface area contributed by atoms with Crippen LogP contribution in [0.2, 0.25) is 5.02 Å². The van der Waals surface area contributed by atoms with Crippen molar-refractivity contribution in [1.82, 2.24) is 4.98 Å². The minimum absolute atomic E-state index is 0.420. The maximum absolute atomic E-state index is 9.16. The first-order valence-corrected chi connectivity index (χ1v) is 6.70. The summed E-state index contributed by atoms with van der Waals surface area (Å²) in [6, 6.07) is 15.7. The second-order valence-electron chi connectivity index (χ2n) is 4.51. The highest BCUT2D eigenvalue weighted by Gasteiger charge is 2.11. The van der Waals surface area contributed by atoms with E-state index in [9.17, 15) is 0 Å². The van der Waals surface area contributed by atoms with Crippen LogP contribution in [0.4, 0.5) is 0 Å². The van der Waals surface area contributed by atoms with E-state index in [1.54, 1.807) is 42.5 Å². The SMILES string of the molecule is OB(O)c1ccc2nc(Oc3ccccc3Cl)ccc2c1. The summed E-state index contributed by atoms with van der Waals surface area (Å²) in [6.45, 7) is 0. The van der Waals surface area contributed by atoms with Crippen molar-refractivity contribution in [3.63, 3.8) is 0 Å². The van der Waals surface area contributed by atoms with E-state index >= 15 is 0 Å². The number of aromatic nitrogens is 1. The van der Waals surface area contributed by atoms with Crippen molar-refractivity contribution in [1.29, 1.82) is 0 Å². The number of nitrogens with zero attached hydrogens (tertiary/aromatic N) is 1. The molecule has 0 fully saturated rings. The van der Waals surface area contributed by atoms with Crippen molar-refractivity contribution in [2.24, 2.45) is 0 Å². The Morgan fingerprint density at radius 3 is 2.57 bits per heavy atom. The Bertz CT molecular complexity index is 795. The molecule has 0 amide bonds. The standard InChI is InChI=1S/C15H11BClNO3/c17-12-3-1-2-4-14(12)21-15-8-5-10-9-11(16(19)20)6-7-13(10)18-15/h1-9,19-20H. The Labute approximate surface area is 126 Å². The van der Waals surface area contributed by atoms with Crippen LogP contribution < -0.4 is 10.2 Å². The summed E-state index contributed by atoms with van der Waals surface area (Å²) in [4.78, 5) is 4.37. The number of ether oxygens (including phenoxy) is 1. The molecule has 3 aromatic rings. The van der Waals surface area contributed by atoms with Crippen LogP contribution in [0.1, 0.15) is 0 Å². The zero-order valence-electron chi connectivity index (χ0n) is 10.9. The number of fused-ring (bicyclic) bond motifs is 1. The van der Waals surface area contributed by atoms with Crippen molar-refractivity contribution in [2.45, 2.75) is 0 Å². The first kappa shape index (κ1) is 13.9. The molecule has 2 N–H and O–H groups in total. The summed E-state index contributed by atoms with van der Waals surface area (Å²) >= 11 is 6.04. The van der Waals surface area contributed by atoms with Gasteiger partial charge in [-0.05, 0) is 29.7 Å². The quantitative estimate of drug-likeness (QED) is 0.729. The fourth-order valence-electron chi connectivity index (χ4n) is 1.98. The van der Waals surface area contributed by atoms with Gasteiger partial charge in [-0.15, -0.1) is 0 Å². The van der Waals surface area contributed by atoms with E-state index < -0.39 is 7.12 Å². The summed E-state index contributed by atoms with van der Waals surface area (Å²) < 4.78 is 5.65. The summed E-state index contributed by atoms with van der Waals surface area (Å²) in [5.41, 5.74) is 1.12. The van der Waals surface area contributed by atoms with Gasteiger partial charge in [-0.25, -0.2) is 4.98 Å². The van der Waals surface area contributed by atoms with Crippen LogP contribution in [0.25, 0.3) is 10.9 Å². The van der Waals surface area contributed by atoms with E-state index in [1.807, 2.05) is 12.1 Å². The Kier molecular flexibility index (Phi) is 3.79. The normalized spacial score (nSPS) is 10.6. The van der Waals surface area contributed by atoms with Crippen LogP contribution in [0.5, 0.6) is 11.6 Å². The van der Waals surface area contributed by atoms with E-state index in [0.717, 1.165) is 5.39 Å². The van der Waals surface area contributed by atoms with Gasteiger partial charge in [0.15, 0.2) is 0 Å². The summed E-state index contributed by atoms with van der Waals surface area (Å²) in [7, 11) is -1.49. The average Bonchev–Trinajstić information content (AvgIpc) is 2.49. The van der Waals surface area contributed by atoms with Crippen molar-refractivity contribution in [3.8, 4) is 11.6 Å². The van der Waals surface area contributed by atoms with Crippen molar-refractivity contribution in [2.75, 3.05) is 0 Å². The lowest BCUT2D eigenvalue weighted by Gasteiger charge is -2.08. The van der Waals surface area contributed by atoms with E-state index in [4.69, 9.17) is 26.4 Å². The first-order chi connectivity index (χ1) is 10.1. The van der Waals surface area contributed by atoms with Gasteiger partial charge in [-0.3, -0.25) is 0 Å². The number of para-hydroxylation sites is 1. The summed E-state index contributed by atoms with van der Waals surface area (Å²) in [5, 5.41) is 19.6. The molecule has 21 heavy (non-hydrogen) atoms. The zero-order valence-corrected chi connectivity index (χ0v) is 11.7. The van der Waals surface area contributed by atoms with Crippen LogP contribution in [-0.4, -0.2) is 22.2 Å². The van der Waals surface area contributed by atoms with Gasteiger partial charge in [-0.2, -0.15) is 0 Å². The lowest BCUT2D eigenvalue weighted by molar-refractivity contribution is 0.426. The molecule has 0 aliphatic rings. The second-order valence-corrected chi connectivity index (χ2v) is 4.91. The predicted octanol–water partition coefficient (Wildman–Crippen LogP) is 2.36. The first-order valence-electron chi connectivity index (χ1n) is 6.33. The van der Waals surface area contributed by atoms with Crippen LogP contribution >= 0.6 is 11.6 Å². The molecule has 0 aliphatic heterocycles. The molecule has 1 aromatic heterocycles. The van der Waals surface area contributed by atoms with Gasteiger partial charge >= 0.3 is 7.12 Å². The number of pyridine rings is 1. The van der Waals surface area contributed by atoms with Crippen LogP contribution in [0.15, 0.2) is 54.6 Å². The van der Waals surface area contributed by atoms with E-state index in [0.29, 0.717) is 27.6 Å². The Hall–Kier alpha value is -2.08. The van der Waals surface area contributed by atoms with Crippen LogP contribution in [0.3, 0.4) is 0 Å². The maximum Gasteiger partial charge on any atom is 0.488 e. The van der Waals surface area contributed by atoms with Crippen LogP contribution in [0, 0.1) is 0 Å². The second kappa shape index (κ2) is 5.73. The molecule has 0 spiro atoms. The summed E-state index contributed by atoms with van der Waals surface area (Å²) in [6.07, 6.45) is 0. The van der Waals surface area contributed by atoms with E-state index in [2.05, 4.69) is 4.98 Å².